The number of amides is 1. The minimum absolute atomic E-state index is 0.154. The molecule has 1 amide bonds. The van der Waals surface area contributed by atoms with Gasteiger partial charge in [-0.25, -0.2) is 0 Å². The van der Waals surface area contributed by atoms with Crippen molar-refractivity contribution in [2.24, 2.45) is 17.3 Å². The summed E-state index contributed by atoms with van der Waals surface area (Å²) in [6.07, 6.45) is 4.16. The average Bonchev–Trinajstić information content (AvgIpc) is 2.67. The summed E-state index contributed by atoms with van der Waals surface area (Å²) in [4.78, 5) is 14.5. The average molecular weight is 252 g/mol. The Hall–Kier alpha value is -0.570. The maximum Gasteiger partial charge on any atom is 0.223 e. The molecule has 0 aromatic carbocycles. The standard InChI is InChI=1S/C15H28N2O/c1-4-15(2,3)9-14(18)17-7-5-12-10-16-11-13(12)6-8-17/h12-13,16H,4-11H2,1-3H3/t12-,13+. The van der Waals surface area contributed by atoms with E-state index < -0.39 is 0 Å². The van der Waals surface area contributed by atoms with Crippen LogP contribution in [0.25, 0.3) is 0 Å². The zero-order valence-corrected chi connectivity index (χ0v) is 12.2. The third kappa shape index (κ3) is 3.25. The summed E-state index contributed by atoms with van der Waals surface area (Å²) in [7, 11) is 0. The topological polar surface area (TPSA) is 32.3 Å². The molecule has 2 aliphatic rings. The molecule has 0 aromatic heterocycles. The van der Waals surface area contributed by atoms with E-state index in [1.807, 2.05) is 0 Å². The molecule has 0 spiro atoms. The van der Waals surface area contributed by atoms with Gasteiger partial charge in [-0.05, 0) is 43.2 Å². The van der Waals surface area contributed by atoms with Crippen LogP contribution < -0.4 is 5.32 Å². The first-order chi connectivity index (χ1) is 8.52. The second-order valence-corrected chi connectivity index (χ2v) is 6.83. The SMILES string of the molecule is CCC(C)(C)CC(=O)N1CC[C@@H]2CNC[C@@H]2CC1. The van der Waals surface area contributed by atoms with Crippen LogP contribution in [0.5, 0.6) is 0 Å². The van der Waals surface area contributed by atoms with Gasteiger partial charge in [0.1, 0.15) is 0 Å². The van der Waals surface area contributed by atoms with E-state index in [2.05, 4.69) is 31.0 Å². The molecule has 18 heavy (non-hydrogen) atoms. The molecule has 3 heteroatoms. The van der Waals surface area contributed by atoms with E-state index in [4.69, 9.17) is 0 Å². The molecule has 1 N–H and O–H groups in total. The van der Waals surface area contributed by atoms with Crippen molar-refractivity contribution in [1.29, 1.82) is 0 Å². The Morgan fingerprint density at radius 3 is 2.28 bits per heavy atom. The lowest BCUT2D eigenvalue weighted by Gasteiger charge is -2.27. The Bertz CT molecular complexity index is 287. The summed E-state index contributed by atoms with van der Waals surface area (Å²) >= 11 is 0. The number of hydrogen-bond donors (Lipinski definition) is 1. The number of fused-ring (bicyclic) bond motifs is 1. The molecule has 0 aromatic rings. The molecular formula is C15H28N2O. The normalized spacial score (nSPS) is 28.9. The third-order valence-corrected chi connectivity index (χ3v) is 4.96. The highest BCUT2D eigenvalue weighted by molar-refractivity contribution is 5.76. The molecule has 0 saturated carbocycles. The van der Waals surface area contributed by atoms with Gasteiger partial charge in [-0.1, -0.05) is 27.2 Å². The molecule has 2 aliphatic heterocycles. The van der Waals surface area contributed by atoms with Gasteiger partial charge in [0.2, 0.25) is 5.91 Å². The van der Waals surface area contributed by atoms with Gasteiger partial charge >= 0.3 is 0 Å². The van der Waals surface area contributed by atoms with Gasteiger partial charge in [-0.3, -0.25) is 4.79 Å². The molecule has 0 aliphatic carbocycles. The molecule has 2 saturated heterocycles. The molecule has 104 valence electrons. The highest BCUT2D eigenvalue weighted by atomic mass is 16.2. The first-order valence-electron chi connectivity index (χ1n) is 7.50. The van der Waals surface area contributed by atoms with Crippen LogP contribution in [0.15, 0.2) is 0 Å². The van der Waals surface area contributed by atoms with Gasteiger partial charge in [-0.2, -0.15) is 0 Å². The Morgan fingerprint density at radius 1 is 1.22 bits per heavy atom. The van der Waals surface area contributed by atoms with Crippen molar-refractivity contribution < 1.29 is 4.79 Å². The van der Waals surface area contributed by atoms with Crippen LogP contribution in [0, 0.1) is 17.3 Å². The lowest BCUT2D eigenvalue weighted by atomic mass is 9.86. The van der Waals surface area contributed by atoms with E-state index in [0.29, 0.717) is 12.3 Å². The molecular weight excluding hydrogens is 224 g/mol. The van der Waals surface area contributed by atoms with Gasteiger partial charge in [0.05, 0.1) is 0 Å². The Balaban J connectivity index is 1.88. The lowest BCUT2D eigenvalue weighted by molar-refractivity contribution is -0.133. The van der Waals surface area contributed by atoms with Crippen LogP contribution in [0.3, 0.4) is 0 Å². The van der Waals surface area contributed by atoms with E-state index in [9.17, 15) is 4.79 Å². The number of carbonyl (C=O) groups is 1. The fourth-order valence-corrected chi connectivity index (χ4v) is 3.11. The summed E-state index contributed by atoms with van der Waals surface area (Å²) in [6.45, 7) is 10.8. The zero-order valence-electron chi connectivity index (χ0n) is 12.2. The first-order valence-corrected chi connectivity index (χ1v) is 7.50. The number of likely N-dealkylation sites (tertiary alicyclic amines) is 1. The fourth-order valence-electron chi connectivity index (χ4n) is 3.11. The summed E-state index contributed by atoms with van der Waals surface area (Å²) in [5, 5.41) is 3.48. The van der Waals surface area contributed by atoms with Crippen LogP contribution in [0.1, 0.15) is 46.5 Å². The van der Waals surface area contributed by atoms with Crippen molar-refractivity contribution in [2.75, 3.05) is 26.2 Å². The molecule has 0 unspecified atom stereocenters. The largest absolute Gasteiger partial charge is 0.343 e. The molecule has 2 fully saturated rings. The van der Waals surface area contributed by atoms with Crippen molar-refractivity contribution >= 4 is 5.91 Å². The smallest absolute Gasteiger partial charge is 0.223 e. The van der Waals surface area contributed by atoms with E-state index in [0.717, 1.165) is 44.4 Å². The highest BCUT2D eigenvalue weighted by Crippen LogP contribution is 2.29. The van der Waals surface area contributed by atoms with Gasteiger partial charge in [0.25, 0.3) is 0 Å². The monoisotopic (exact) mass is 252 g/mol. The summed E-state index contributed by atoms with van der Waals surface area (Å²) < 4.78 is 0. The summed E-state index contributed by atoms with van der Waals surface area (Å²) in [6, 6.07) is 0. The summed E-state index contributed by atoms with van der Waals surface area (Å²) in [5.41, 5.74) is 0.154. The van der Waals surface area contributed by atoms with Crippen LogP contribution in [0.4, 0.5) is 0 Å². The Kier molecular flexibility index (Phi) is 4.31. The number of nitrogens with zero attached hydrogens (tertiary/aromatic N) is 1. The van der Waals surface area contributed by atoms with Gasteiger partial charge in [0, 0.05) is 19.5 Å². The number of rotatable bonds is 3. The van der Waals surface area contributed by atoms with Crippen LogP contribution in [-0.2, 0) is 4.79 Å². The Morgan fingerprint density at radius 2 is 1.78 bits per heavy atom. The maximum atomic E-state index is 12.4. The van der Waals surface area contributed by atoms with Gasteiger partial charge in [-0.15, -0.1) is 0 Å². The first kappa shape index (κ1) is 13.9. The molecule has 0 bridgehead atoms. The predicted molar refractivity (Wildman–Crippen MR) is 74.4 cm³/mol. The second-order valence-electron chi connectivity index (χ2n) is 6.83. The fraction of sp³-hybridized carbons (Fsp3) is 0.933. The van der Waals surface area contributed by atoms with E-state index in [1.165, 1.54) is 12.8 Å². The molecule has 2 heterocycles. The Labute approximate surface area is 111 Å². The quantitative estimate of drug-likeness (QED) is 0.835. The molecule has 2 rings (SSSR count). The van der Waals surface area contributed by atoms with E-state index in [1.54, 1.807) is 0 Å². The molecule has 2 atom stereocenters. The van der Waals surface area contributed by atoms with Crippen molar-refractivity contribution in [1.82, 2.24) is 10.2 Å². The van der Waals surface area contributed by atoms with Crippen LogP contribution in [-0.4, -0.2) is 37.0 Å². The third-order valence-electron chi connectivity index (χ3n) is 4.96. The predicted octanol–water partition coefficient (Wildman–Crippen LogP) is 2.27. The van der Waals surface area contributed by atoms with Crippen molar-refractivity contribution in [2.45, 2.75) is 46.5 Å². The van der Waals surface area contributed by atoms with E-state index in [-0.39, 0.29) is 5.41 Å². The minimum Gasteiger partial charge on any atom is -0.343 e. The van der Waals surface area contributed by atoms with Crippen molar-refractivity contribution in [3.05, 3.63) is 0 Å². The number of carbonyl (C=O) groups excluding carboxylic acids is 1. The second kappa shape index (κ2) is 5.60. The van der Waals surface area contributed by atoms with Crippen molar-refractivity contribution in [3.8, 4) is 0 Å². The molecule has 0 radical (unpaired) electrons. The van der Waals surface area contributed by atoms with Gasteiger partial charge < -0.3 is 10.2 Å². The maximum absolute atomic E-state index is 12.4. The number of nitrogens with one attached hydrogen (secondary N) is 1. The van der Waals surface area contributed by atoms with Crippen LogP contribution >= 0.6 is 0 Å². The van der Waals surface area contributed by atoms with Gasteiger partial charge in [0.15, 0.2) is 0 Å². The van der Waals surface area contributed by atoms with E-state index >= 15 is 0 Å². The number of hydrogen-bond acceptors (Lipinski definition) is 2. The lowest BCUT2D eigenvalue weighted by Crippen LogP contribution is -2.35. The van der Waals surface area contributed by atoms with Crippen LogP contribution in [0.2, 0.25) is 0 Å². The minimum atomic E-state index is 0.154. The van der Waals surface area contributed by atoms with Crippen molar-refractivity contribution in [3.63, 3.8) is 0 Å². The molecule has 3 nitrogen and oxygen atoms in total. The zero-order chi connectivity index (χ0) is 13.2. The highest BCUT2D eigenvalue weighted by Gasteiger charge is 2.32. The summed E-state index contributed by atoms with van der Waals surface area (Å²) in [5.74, 6) is 1.98.